The molecule has 0 radical (unpaired) electrons. The Bertz CT molecular complexity index is 66.3. The van der Waals surface area contributed by atoms with E-state index in [9.17, 15) is 4.79 Å². The Morgan fingerprint density at radius 1 is 1.50 bits per heavy atom. The van der Waals surface area contributed by atoms with Gasteiger partial charge in [-0.05, 0) is 6.92 Å². The molecule has 0 aromatic rings. The van der Waals surface area contributed by atoms with E-state index >= 15 is 0 Å². The Balaban J connectivity index is -0.000000125. The quantitative estimate of drug-likeness (QED) is 0.552. The summed E-state index contributed by atoms with van der Waals surface area (Å²) in [5, 5.41) is 0. The molecular formula is C3H10Cl2N2O. The van der Waals surface area contributed by atoms with Gasteiger partial charge in [-0.25, -0.2) is 0 Å². The number of carbonyl (C=O) groups excluding carboxylic acids is 1. The monoisotopic (exact) mass is 160 g/mol. The Morgan fingerprint density at radius 3 is 1.62 bits per heavy atom. The van der Waals surface area contributed by atoms with E-state index < -0.39 is 11.9 Å². The van der Waals surface area contributed by atoms with Crippen LogP contribution < -0.4 is 11.5 Å². The molecular weight excluding hydrogens is 151 g/mol. The van der Waals surface area contributed by atoms with Crippen LogP contribution in [-0.2, 0) is 4.79 Å². The molecule has 0 saturated heterocycles. The van der Waals surface area contributed by atoms with Crippen LogP contribution in [0.4, 0.5) is 0 Å². The number of halogens is 2. The van der Waals surface area contributed by atoms with E-state index in [0.717, 1.165) is 0 Å². The van der Waals surface area contributed by atoms with Crippen molar-refractivity contribution in [2.75, 3.05) is 0 Å². The second-order valence-electron chi connectivity index (χ2n) is 1.19. The molecule has 0 aliphatic rings. The van der Waals surface area contributed by atoms with Gasteiger partial charge < -0.3 is 11.5 Å². The number of carbonyl (C=O) groups is 1. The first-order valence-electron chi connectivity index (χ1n) is 1.69. The summed E-state index contributed by atoms with van der Waals surface area (Å²) in [7, 11) is 0. The number of rotatable bonds is 1. The maximum Gasteiger partial charge on any atom is 0.234 e. The van der Waals surface area contributed by atoms with Crippen molar-refractivity contribution < 1.29 is 4.79 Å². The van der Waals surface area contributed by atoms with E-state index in [4.69, 9.17) is 5.73 Å². The largest absolute Gasteiger partial charge is 0.368 e. The molecule has 0 aromatic heterocycles. The fourth-order valence-electron chi connectivity index (χ4n) is 0. The van der Waals surface area contributed by atoms with Gasteiger partial charge in [0.05, 0.1) is 6.04 Å². The standard InChI is InChI=1S/C3H8N2O.2ClH/c1-2(4)3(5)6;;/h2H,4H2,1H3,(H2,5,6);2*1H/t2-;;/m1../s1. The summed E-state index contributed by atoms with van der Waals surface area (Å²) >= 11 is 0. The van der Waals surface area contributed by atoms with E-state index in [-0.39, 0.29) is 24.8 Å². The van der Waals surface area contributed by atoms with Crippen LogP contribution in [-0.4, -0.2) is 11.9 Å². The first-order chi connectivity index (χ1) is 2.64. The van der Waals surface area contributed by atoms with Crippen molar-refractivity contribution in [1.82, 2.24) is 0 Å². The lowest BCUT2D eigenvalue weighted by Crippen LogP contribution is -2.32. The molecule has 5 heteroatoms. The first-order valence-corrected chi connectivity index (χ1v) is 1.69. The zero-order valence-electron chi connectivity index (χ0n) is 4.46. The summed E-state index contributed by atoms with van der Waals surface area (Å²) in [6, 6.07) is -0.509. The summed E-state index contributed by atoms with van der Waals surface area (Å²) in [5.41, 5.74) is 9.63. The normalized spacial score (nSPS) is 10.2. The highest BCUT2D eigenvalue weighted by atomic mass is 35.5. The lowest BCUT2D eigenvalue weighted by atomic mass is 10.4. The zero-order valence-corrected chi connectivity index (χ0v) is 6.09. The van der Waals surface area contributed by atoms with Gasteiger partial charge in [0.15, 0.2) is 0 Å². The van der Waals surface area contributed by atoms with Crippen molar-refractivity contribution in [1.29, 1.82) is 0 Å². The van der Waals surface area contributed by atoms with Gasteiger partial charge in [-0.3, -0.25) is 4.79 Å². The molecule has 1 amide bonds. The Hall–Kier alpha value is 0.01000. The highest BCUT2D eigenvalue weighted by Crippen LogP contribution is 1.64. The third-order valence-corrected chi connectivity index (χ3v) is 0.449. The van der Waals surface area contributed by atoms with Crippen LogP contribution >= 0.6 is 24.8 Å². The summed E-state index contributed by atoms with van der Waals surface area (Å²) in [4.78, 5) is 9.80. The lowest BCUT2D eigenvalue weighted by molar-refractivity contribution is -0.118. The van der Waals surface area contributed by atoms with Crippen molar-refractivity contribution >= 4 is 30.7 Å². The average Bonchev–Trinajstić information content (AvgIpc) is 1.36. The summed E-state index contributed by atoms with van der Waals surface area (Å²) in [6.45, 7) is 1.54. The van der Waals surface area contributed by atoms with Crippen LogP contribution in [0.3, 0.4) is 0 Å². The van der Waals surface area contributed by atoms with Crippen LogP contribution in [0.15, 0.2) is 0 Å². The molecule has 1 atom stereocenters. The molecule has 0 fully saturated rings. The molecule has 0 aliphatic carbocycles. The summed E-state index contributed by atoms with van der Waals surface area (Å²) in [5.74, 6) is -0.463. The topological polar surface area (TPSA) is 69.1 Å². The first kappa shape index (κ1) is 15.7. The number of hydrogen-bond acceptors (Lipinski definition) is 2. The second kappa shape index (κ2) is 7.01. The van der Waals surface area contributed by atoms with Gasteiger partial charge in [0.2, 0.25) is 5.91 Å². The molecule has 0 spiro atoms. The Labute approximate surface area is 60.6 Å². The van der Waals surface area contributed by atoms with Gasteiger partial charge in [0.25, 0.3) is 0 Å². The van der Waals surface area contributed by atoms with Crippen LogP contribution in [0.5, 0.6) is 0 Å². The highest BCUT2D eigenvalue weighted by Gasteiger charge is 1.96. The molecule has 8 heavy (non-hydrogen) atoms. The van der Waals surface area contributed by atoms with Crippen molar-refractivity contribution in [3.63, 3.8) is 0 Å². The van der Waals surface area contributed by atoms with E-state index in [1.54, 1.807) is 6.92 Å². The molecule has 0 unspecified atom stereocenters. The molecule has 4 N–H and O–H groups in total. The third kappa shape index (κ3) is 9.38. The maximum absolute atomic E-state index is 9.80. The predicted octanol–water partition coefficient (Wildman–Crippen LogP) is -0.338. The second-order valence-corrected chi connectivity index (χ2v) is 1.19. The molecule has 0 rings (SSSR count). The SMILES string of the molecule is C[C@@H](N)C(N)=O.Cl.Cl. The molecule has 0 heterocycles. The minimum Gasteiger partial charge on any atom is -0.368 e. The van der Waals surface area contributed by atoms with E-state index in [1.165, 1.54) is 0 Å². The minimum atomic E-state index is -0.509. The molecule has 0 aliphatic heterocycles. The van der Waals surface area contributed by atoms with Crippen LogP contribution in [0.2, 0.25) is 0 Å². The van der Waals surface area contributed by atoms with Gasteiger partial charge in [-0.15, -0.1) is 24.8 Å². The molecule has 0 saturated carbocycles. The number of primary amides is 1. The fraction of sp³-hybridized carbons (Fsp3) is 0.667. The van der Waals surface area contributed by atoms with Crippen molar-refractivity contribution in [3.05, 3.63) is 0 Å². The molecule has 0 bridgehead atoms. The van der Waals surface area contributed by atoms with E-state index in [1.807, 2.05) is 0 Å². The molecule has 3 nitrogen and oxygen atoms in total. The van der Waals surface area contributed by atoms with Gasteiger partial charge in [0, 0.05) is 0 Å². The minimum absolute atomic E-state index is 0. The third-order valence-electron chi connectivity index (χ3n) is 0.449. The summed E-state index contributed by atoms with van der Waals surface area (Å²) in [6.07, 6.45) is 0. The fourth-order valence-corrected chi connectivity index (χ4v) is 0. The number of hydrogen-bond donors (Lipinski definition) is 2. The lowest BCUT2D eigenvalue weighted by Gasteiger charge is -1.91. The van der Waals surface area contributed by atoms with Gasteiger partial charge in [-0.1, -0.05) is 0 Å². The van der Waals surface area contributed by atoms with Crippen molar-refractivity contribution in [2.45, 2.75) is 13.0 Å². The number of amides is 1. The maximum atomic E-state index is 9.80. The van der Waals surface area contributed by atoms with Gasteiger partial charge in [-0.2, -0.15) is 0 Å². The van der Waals surface area contributed by atoms with E-state index in [0.29, 0.717) is 0 Å². The van der Waals surface area contributed by atoms with Gasteiger partial charge >= 0.3 is 0 Å². The van der Waals surface area contributed by atoms with Crippen molar-refractivity contribution in [3.8, 4) is 0 Å². The summed E-state index contributed by atoms with van der Waals surface area (Å²) < 4.78 is 0. The molecule has 52 valence electrons. The van der Waals surface area contributed by atoms with Crippen LogP contribution in [0.25, 0.3) is 0 Å². The van der Waals surface area contributed by atoms with E-state index in [2.05, 4.69) is 5.73 Å². The Kier molecular flexibility index (Phi) is 13.7. The number of nitrogens with two attached hydrogens (primary N) is 2. The average molecular weight is 161 g/mol. The van der Waals surface area contributed by atoms with Gasteiger partial charge in [0.1, 0.15) is 0 Å². The van der Waals surface area contributed by atoms with Crippen LogP contribution in [0.1, 0.15) is 6.92 Å². The van der Waals surface area contributed by atoms with Crippen molar-refractivity contribution in [2.24, 2.45) is 11.5 Å². The Morgan fingerprint density at radius 2 is 1.62 bits per heavy atom. The predicted molar refractivity (Wildman–Crippen MR) is 37.3 cm³/mol. The molecule has 0 aromatic carbocycles. The van der Waals surface area contributed by atoms with Crippen LogP contribution in [0, 0.1) is 0 Å². The zero-order chi connectivity index (χ0) is 5.15. The highest BCUT2D eigenvalue weighted by molar-refractivity contribution is 5.85. The smallest absolute Gasteiger partial charge is 0.234 e.